The third-order valence-corrected chi connectivity index (χ3v) is 26.3. The number of unbranched alkanes of at least 4 members (excludes halogenated alkanes) is 6. The first-order valence-corrected chi connectivity index (χ1v) is 43.4. The highest BCUT2D eigenvalue weighted by Crippen LogP contribution is 2.47. The fraction of sp³-hybridized carbons (Fsp3) is 0.462. The molecule has 0 bridgehead atoms. The summed E-state index contributed by atoms with van der Waals surface area (Å²) in [5, 5.41) is 0. The van der Waals surface area contributed by atoms with E-state index in [1.807, 2.05) is 0 Å². The number of aryl methyl sites for hydroxylation is 7. The molecule has 5 unspecified atom stereocenters. The second-order valence-corrected chi connectivity index (χ2v) is 37.1. The van der Waals surface area contributed by atoms with E-state index in [1.165, 1.54) is 180 Å². The van der Waals surface area contributed by atoms with E-state index in [9.17, 15) is 0 Å². The smallest absolute Gasteiger partial charge is 0.399 e. The zero-order valence-corrected chi connectivity index (χ0v) is 72.1. The van der Waals surface area contributed by atoms with Crippen LogP contribution in [0.15, 0.2) is 205 Å². The molecule has 0 amide bonds. The molecule has 5 atom stereocenters. The minimum absolute atomic E-state index is 0.123. The molecule has 0 N–H and O–H groups in total. The van der Waals surface area contributed by atoms with Gasteiger partial charge in [-0.25, -0.2) is 0 Å². The Balaban J connectivity index is 0.827. The van der Waals surface area contributed by atoms with Gasteiger partial charge in [-0.1, -0.05) is 226 Å². The van der Waals surface area contributed by atoms with E-state index in [0.717, 1.165) is 68.7 Å². The van der Waals surface area contributed by atoms with Crippen LogP contribution in [0.4, 0.5) is 17.1 Å². The van der Waals surface area contributed by atoms with E-state index >= 15 is 0 Å². The SMILES string of the molecule is CCCCCCc1cc(-c2ccc(N(c3ccc(-c4c(C)cc(CC(C)C)cc4C)cc3)C3C=CC(c4ccc(B5OC(C)(C)C(C)(C)O5)cc4)CC3)cc2C)c(CCCCCC)cc1C1=CCC(N(C2=CCC(c3c(C)cc(CC(C)C)cc3C)C=C2)c2ccc(C3C=CC(B4OC(C)(C)C(C)(C)O4)=CC3)cc2)C=C1C. The molecule has 0 radical (unpaired) electrons. The van der Waals surface area contributed by atoms with Gasteiger partial charge in [-0.15, -0.1) is 0 Å². The highest BCUT2D eigenvalue weighted by molar-refractivity contribution is 6.62. The molecule has 2 aliphatic heterocycles. The van der Waals surface area contributed by atoms with E-state index in [4.69, 9.17) is 18.6 Å². The Morgan fingerprint density at radius 1 is 0.429 bits per heavy atom. The Hall–Kier alpha value is -7.71. The van der Waals surface area contributed by atoms with Gasteiger partial charge in [0.05, 0.1) is 34.5 Å². The predicted octanol–water partition coefficient (Wildman–Crippen LogP) is 27.0. The number of anilines is 3. The second-order valence-electron chi connectivity index (χ2n) is 37.1. The summed E-state index contributed by atoms with van der Waals surface area (Å²) in [6, 6.07) is 51.0. The molecule has 7 aromatic rings. The van der Waals surface area contributed by atoms with Gasteiger partial charge in [0.1, 0.15) is 0 Å². The quantitative estimate of drug-likeness (QED) is 0.0277. The van der Waals surface area contributed by atoms with Crippen molar-refractivity contribution in [1.29, 1.82) is 0 Å². The average molecular weight is 1500 g/mol. The van der Waals surface area contributed by atoms with Crippen LogP contribution in [0.3, 0.4) is 0 Å². The number of hydrogen-bond acceptors (Lipinski definition) is 6. The Bertz CT molecular complexity index is 4650. The molecule has 2 heterocycles. The molecule has 7 aromatic carbocycles. The molecule has 588 valence electrons. The maximum absolute atomic E-state index is 6.49. The normalized spacial score (nSPS) is 21.0. The average Bonchev–Trinajstić information content (AvgIpc) is 1.71. The first kappa shape index (κ1) is 82.3. The Labute approximate surface area is 677 Å². The van der Waals surface area contributed by atoms with Crippen LogP contribution in [0, 0.1) is 46.5 Å². The van der Waals surface area contributed by atoms with Crippen LogP contribution in [-0.4, -0.2) is 48.7 Å². The van der Waals surface area contributed by atoms with Crippen molar-refractivity contribution in [2.24, 2.45) is 11.8 Å². The van der Waals surface area contributed by atoms with Crippen molar-refractivity contribution < 1.29 is 18.6 Å². The molecular formula is C104H132B2N2O4. The van der Waals surface area contributed by atoms with Crippen molar-refractivity contribution in [1.82, 2.24) is 0 Å². The van der Waals surface area contributed by atoms with E-state index in [1.54, 1.807) is 0 Å². The van der Waals surface area contributed by atoms with Crippen molar-refractivity contribution in [3.63, 3.8) is 0 Å². The molecule has 6 aliphatic rings. The number of rotatable bonds is 28. The maximum Gasteiger partial charge on any atom is 0.494 e. The first-order chi connectivity index (χ1) is 53.5. The van der Waals surface area contributed by atoms with E-state index < -0.39 is 0 Å². The maximum atomic E-state index is 6.49. The monoisotopic (exact) mass is 1500 g/mol. The summed E-state index contributed by atoms with van der Waals surface area (Å²) in [5.41, 5.74) is 32.0. The number of benzene rings is 7. The molecule has 8 heteroatoms. The van der Waals surface area contributed by atoms with Gasteiger partial charge < -0.3 is 28.4 Å². The summed E-state index contributed by atoms with van der Waals surface area (Å²) in [7, 11) is -0.726. The fourth-order valence-electron chi connectivity index (χ4n) is 18.8. The fourth-order valence-corrected chi connectivity index (χ4v) is 18.8. The number of hydrogen-bond donors (Lipinski definition) is 0. The van der Waals surface area contributed by atoms with Gasteiger partial charge in [0, 0.05) is 40.5 Å². The summed E-state index contributed by atoms with van der Waals surface area (Å²) >= 11 is 0. The van der Waals surface area contributed by atoms with Crippen LogP contribution in [0.25, 0.3) is 27.8 Å². The zero-order valence-electron chi connectivity index (χ0n) is 72.1. The van der Waals surface area contributed by atoms with Crippen molar-refractivity contribution in [3.8, 4) is 22.3 Å². The standard InChI is InChI=1S/C104H132B2N2O4/c1-21-23-25-27-29-85-67-98(96-58-56-94(66-72(96)8)108(92-53-41-84(42-54-92)100-75(11)63-78(60-70(5)6)64-76(100)12)90-49-37-82(38-50-90)80-33-45-88(46-34-80)106-111-103(17,18)104(19,20)112-106)86(30-28-26-24-22-2)68-97(85)95-57-55-93(65-71(95)7)107(91-51-39-83(40-52-91)99-73(9)61-77(59-69(3)4)62-74(99)10)89-47-35-81(36-48-89)79-31-43-87(44-32-79)105-109-101(13,14)102(15,16)110-105/h31-33,35,37-41,43-47,49-55,57-58,61-70,80-81,84,89,94H,21-30,34,36,42,48,56,59-60H2,1-20H3. The molecule has 13 rings (SSSR count). The van der Waals surface area contributed by atoms with E-state index in [-0.39, 0.29) is 54.6 Å². The topological polar surface area (TPSA) is 43.4 Å². The summed E-state index contributed by atoms with van der Waals surface area (Å²) < 4.78 is 25.9. The molecule has 0 aromatic heterocycles. The van der Waals surface area contributed by atoms with Crippen LogP contribution >= 0.6 is 0 Å². The highest BCUT2D eigenvalue weighted by Gasteiger charge is 2.53. The molecule has 4 aliphatic carbocycles. The zero-order chi connectivity index (χ0) is 79.6. The van der Waals surface area contributed by atoms with Gasteiger partial charge in [-0.2, -0.15) is 0 Å². The Morgan fingerprint density at radius 2 is 0.946 bits per heavy atom. The van der Waals surface area contributed by atoms with E-state index in [0.29, 0.717) is 23.7 Å². The number of allylic oxidation sites excluding steroid dienone is 10. The van der Waals surface area contributed by atoms with Crippen LogP contribution < -0.4 is 15.3 Å². The van der Waals surface area contributed by atoms with Crippen molar-refractivity contribution in [3.05, 3.63) is 277 Å². The molecule has 2 fully saturated rings. The molecule has 0 spiro atoms. The summed E-state index contributed by atoms with van der Waals surface area (Å²) in [4.78, 5) is 5.30. The summed E-state index contributed by atoms with van der Waals surface area (Å²) in [6.07, 6.45) is 43.5. The lowest BCUT2D eigenvalue weighted by Crippen LogP contribution is -2.41. The van der Waals surface area contributed by atoms with Crippen molar-refractivity contribution >= 4 is 42.3 Å². The minimum atomic E-state index is -0.384. The van der Waals surface area contributed by atoms with Crippen LogP contribution in [0.5, 0.6) is 0 Å². The lowest BCUT2D eigenvalue weighted by Gasteiger charge is -2.37. The Kier molecular flexibility index (Phi) is 25.5. The molecule has 2 saturated heterocycles. The van der Waals surface area contributed by atoms with Gasteiger partial charge in [-0.05, 0) is 339 Å². The van der Waals surface area contributed by atoms with E-state index in [2.05, 4.69) is 336 Å². The largest absolute Gasteiger partial charge is 0.494 e. The van der Waals surface area contributed by atoms with Crippen molar-refractivity contribution in [2.45, 2.75) is 300 Å². The second kappa shape index (κ2) is 34.8. The van der Waals surface area contributed by atoms with Gasteiger partial charge in [0.15, 0.2) is 0 Å². The van der Waals surface area contributed by atoms with Crippen LogP contribution in [-0.2, 0) is 44.3 Å². The lowest BCUT2D eigenvalue weighted by atomic mass is 9.73. The molecular weight excluding hydrogens is 1360 g/mol. The molecule has 112 heavy (non-hydrogen) atoms. The van der Waals surface area contributed by atoms with Gasteiger partial charge in [0.2, 0.25) is 0 Å². The van der Waals surface area contributed by atoms with Gasteiger partial charge in [-0.3, -0.25) is 0 Å². The van der Waals surface area contributed by atoms with Crippen LogP contribution in [0.2, 0.25) is 0 Å². The highest BCUT2D eigenvalue weighted by atomic mass is 16.7. The lowest BCUT2D eigenvalue weighted by molar-refractivity contribution is 0.00578. The number of nitrogens with zero attached hydrogens (tertiary/aromatic N) is 2. The predicted molar refractivity (Wildman–Crippen MR) is 480 cm³/mol. The minimum Gasteiger partial charge on any atom is -0.399 e. The third-order valence-electron chi connectivity index (χ3n) is 26.3. The van der Waals surface area contributed by atoms with Crippen LogP contribution in [0.1, 0.15) is 277 Å². The van der Waals surface area contributed by atoms with Gasteiger partial charge >= 0.3 is 14.2 Å². The third kappa shape index (κ3) is 18.2. The molecule has 6 nitrogen and oxygen atoms in total. The summed E-state index contributed by atoms with van der Waals surface area (Å²) in [5.74, 6) is 2.16. The summed E-state index contributed by atoms with van der Waals surface area (Å²) in [6.45, 7) is 45.1. The van der Waals surface area contributed by atoms with Gasteiger partial charge in [0.25, 0.3) is 0 Å². The first-order valence-electron chi connectivity index (χ1n) is 43.4. The van der Waals surface area contributed by atoms with Crippen molar-refractivity contribution in [2.75, 3.05) is 9.80 Å². The Morgan fingerprint density at radius 3 is 1.47 bits per heavy atom. The molecule has 0 saturated carbocycles.